The molecule has 0 rings (SSSR count). The average molecular weight is 359 g/mol. The van der Waals surface area contributed by atoms with Gasteiger partial charge in [0, 0.05) is 0 Å². The molecule has 0 aliphatic rings. The maximum atomic E-state index is 11.1. The van der Waals surface area contributed by atoms with Crippen LogP contribution in [0.1, 0.15) is 78.1 Å². The van der Waals surface area contributed by atoms with Gasteiger partial charge in [0.2, 0.25) is 0 Å². The zero-order chi connectivity index (χ0) is 19.3. The van der Waals surface area contributed by atoms with Crippen LogP contribution < -0.4 is 0 Å². The van der Waals surface area contributed by atoms with Gasteiger partial charge in [0.05, 0.1) is 5.92 Å². The molecule has 0 aromatic heterocycles. The molecule has 1 atom stereocenters. The van der Waals surface area contributed by atoms with Crippen LogP contribution in [0.15, 0.2) is 60.8 Å². The Bertz CT molecular complexity index is 467. The Kier molecular flexibility index (Phi) is 18.1. The summed E-state index contributed by atoms with van der Waals surface area (Å²) >= 11 is 0. The topological polar surface area (TPSA) is 37.3 Å². The molecule has 0 aliphatic carbocycles. The first-order chi connectivity index (χ1) is 12.7. The number of hydrogen-bond donors (Lipinski definition) is 1. The van der Waals surface area contributed by atoms with Crippen LogP contribution in [0.5, 0.6) is 0 Å². The van der Waals surface area contributed by atoms with Crippen LogP contribution >= 0.6 is 0 Å². The van der Waals surface area contributed by atoms with Crippen LogP contribution in [0, 0.1) is 5.92 Å². The van der Waals surface area contributed by atoms with Crippen LogP contribution in [0.25, 0.3) is 0 Å². The van der Waals surface area contributed by atoms with Crippen molar-refractivity contribution in [3.05, 3.63) is 60.8 Å². The summed E-state index contributed by atoms with van der Waals surface area (Å²) in [6.07, 6.45) is 31.6. The zero-order valence-corrected chi connectivity index (χ0v) is 16.8. The first-order valence-electron chi connectivity index (χ1n) is 10.2. The Morgan fingerprint density at radius 1 is 0.731 bits per heavy atom. The molecule has 0 bridgehead atoms. The van der Waals surface area contributed by atoms with E-state index >= 15 is 0 Å². The zero-order valence-electron chi connectivity index (χ0n) is 16.8. The lowest BCUT2D eigenvalue weighted by Crippen LogP contribution is -2.10. The van der Waals surface area contributed by atoms with Gasteiger partial charge in [0.15, 0.2) is 0 Å². The molecule has 0 aliphatic heterocycles. The second kappa shape index (κ2) is 19.5. The van der Waals surface area contributed by atoms with Gasteiger partial charge < -0.3 is 5.11 Å². The van der Waals surface area contributed by atoms with E-state index in [-0.39, 0.29) is 5.92 Å². The maximum absolute atomic E-state index is 11.1. The molecule has 1 N–H and O–H groups in total. The number of unbranched alkanes of at least 4 members (excludes halogenated alkanes) is 3. The Morgan fingerprint density at radius 2 is 1.23 bits per heavy atom. The molecule has 1 unspecified atom stereocenters. The lowest BCUT2D eigenvalue weighted by Gasteiger charge is -2.04. The van der Waals surface area contributed by atoms with Crippen LogP contribution in [0.2, 0.25) is 0 Å². The highest BCUT2D eigenvalue weighted by Crippen LogP contribution is 2.11. The number of carbonyl (C=O) groups is 1. The highest BCUT2D eigenvalue weighted by molar-refractivity contribution is 5.72. The molecule has 0 amide bonds. The maximum Gasteiger partial charge on any atom is 0.310 e. The molecule has 0 aromatic rings. The second-order valence-corrected chi connectivity index (χ2v) is 6.41. The summed E-state index contributed by atoms with van der Waals surface area (Å²) in [4.78, 5) is 11.1. The predicted octanol–water partition coefficient (Wildman–Crippen LogP) is 7.41. The molecule has 0 spiro atoms. The Morgan fingerprint density at radius 3 is 1.81 bits per heavy atom. The average Bonchev–Trinajstić information content (AvgIpc) is 2.63. The Labute approximate surface area is 161 Å². The van der Waals surface area contributed by atoms with Gasteiger partial charge in [-0.1, -0.05) is 74.6 Å². The van der Waals surface area contributed by atoms with E-state index in [1.165, 1.54) is 12.8 Å². The molecule has 0 saturated heterocycles. The number of hydrogen-bond acceptors (Lipinski definition) is 1. The molecular formula is C24H38O2. The van der Waals surface area contributed by atoms with Gasteiger partial charge in [-0.05, 0) is 64.2 Å². The van der Waals surface area contributed by atoms with E-state index in [0.717, 1.165) is 44.9 Å². The lowest BCUT2D eigenvalue weighted by atomic mass is 10.0. The molecule has 0 saturated carbocycles. The molecule has 0 aromatic carbocycles. The van der Waals surface area contributed by atoms with Crippen molar-refractivity contribution in [2.24, 2.45) is 5.92 Å². The molecule has 2 nitrogen and oxygen atoms in total. The van der Waals surface area contributed by atoms with E-state index in [0.29, 0.717) is 6.42 Å². The van der Waals surface area contributed by atoms with E-state index in [1.807, 2.05) is 19.1 Å². The first kappa shape index (κ1) is 24.2. The van der Waals surface area contributed by atoms with Gasteiger partial charge in [0.1, 0.15) is 0 Å². The van der Waals surface area contributed by atoms with E-state index in [4.69, 9.17) is 5.11 Å². The number of rotatable bonds is 16. The number of allylic oxidation sites excluding steroid dienone is 9. The van der Waals surface area contributed by atoms with Crippen molar-refractivity contribution in [3.8, 4) is 0 Å². The lowest BCUT2D eigenvalue weighted by molar-refractivity contribution is -0.140. The minimum absolute atomic E-state index is 0.346. The predicted molar refractivity (Wildman–Crippen MR) is 114 cm³/mol. The van der Waals surface area contributed by atoms with Gasteiger partial charge in [-0.3, -0.25) is 4.79 Å². The van der Waals surface area contributed by atoms with Crippen molar-refractivity contribution in [3.63, 3.8) is 0 Å². The van der Waals surface area contributed by atoms with Crippen molar-refractivity contribution in [1.29, 1.82) is 0 Å². The monoisotopic (exact) mass is 358 g/mol. The van der Waals surface area contributed by atoms with E-state index in [2.05, 4.69) is 55.5 Å². The van der Waals surface area contributed by atoms with Crippen LogP contribution in [-0.2, 0) is 4.79 Å². The third kappa shape index (κ3) is 17.0. The fourth-order valence-electron chi connectivity index (χ4n) is 2.46. The van der Waals surface area contributed by atoms with Gasteiger partial charge in [0.25, 0.3) is 0 Å². The van der Waals surface area contributed by atoms with Crippen LogP contribution in [-0.4, -0.2) is 11.1 Å². The highest BCUT2D eigenvalue weighted by Gasteiger charge is 2.11. The van der Waals surface area contributed by atoms with Gasteiger partial charge in [-0.2, -0.15) is 0 Å². The third-order valence-corrected chi connectivity index (χ3v) is 4.00. The molecule has 0 radical (unpaired) electrons. The number of carboxylic acid groups (broad SMARTS) is 1. The van der Waals surface area contributed by atoms with Crippen molar-refractivity contribution in [2.75, 3.05) is 0 Å². The minimum atomic E-state index is -0.720. The molecule has 26 heavy (non-hydrogen) atoms. The fraction of sp³-hybridized carbons (Fsp3) is 0.542. The Hall–Kier alpha value is -1.83. The summed E-state index contributed by atoms with van der Waals surface area (Å²) in [5, 5.41) is 9.14. The SMILES string of the molecule is CCC=CCC=CCC=CCCCCC=CCCC(C=CCC)C(=O)O. The summed E-state index contributed by atoms with van der Waals surface area (Å²) < 4.78 is 0. The van der Waals surface area contributed by atoms with Crippen molar-refractivity contribution < 1.29 is 9.90 Å². The van der Waals surface area contributed by atoms with E-state index in [9.17, 15) is 4.79 Å². The summed E-state index contributed by atoms with van der Waals surface area (Å²) in [7, 11) is 0. The van der Waals surface area contributed by atoms with Crippen LogP contribution in [0.4, 0.5) is 0 Å². The fourth-order valence-corrected chi connectivity index (χ4v) is 2.46. The Balaban J connectivity index is 3.60. The smallest absolute Gasteiger partial charge is 0.310 e. The largest absolute Gasteiger partial charge is 0.481 e. The van der Waals surface area contributed by atoms with Crippen molar-refractivity contribution in [1.82, 2.24) is 0 Å². The van der Waals surface area contributed by atoms with Crippen molar-refractivity contribution in [2.45, 2.75) is 78.1 Å². The van der Waals surface area contributed by atoms with Gasteiger partial charge >= 0.3 is 5.97 Å². The standard InChI is InChI=1S/C24H38O2/c1-3-5-7-8-9-10-11-12-13-14-15-16-17-18-19-20-22-23(24(25)26)21-6-4-2/h5-7,9-10,12-13,18-19,21,23H,3-4,8,11,14-17,20,22H2,1-2H3,(H,25,26). The van der Waals surface area contributed by atoms with Gasteiger partial charge in [-0.15, -0.1) is 0 Å². The normalized spacial score (nSPS) is 13.9. The third-order valence-electron chi connectivity index (χ3n) is 4.00. The first-order valence-corrected chi connectivity index (χ1v) is 10.2. The quantitative estimate of drug-likeness (QED) is 0.230. The molecule has 146 valence electrons. The number of aliphatic carboxylic acids is 1. The summed E-state index contributed by atoms with van der Waals surface area (Å²) in [5.41, 5.74) is 0. The summed E-state index contributed by atoms with van der Waals surface area (Å²) in [6.45, 7) is 4.17. The highest BCUT2D eigenvalue weighted by atomic mass is 16.4. The van der Waals surface area contributed by atoms with Crippen LogP contribution in [0.3, 0.4) is 0 Å². The van der Waals surface area contributed by atoms with E-state index < -0.39 is 5.97 Å². The second-order valence-electron chi connectivity index (χ2n) is 6.41. The van der Waals surface area contributed by atoms with Crippen molar-refractivity contribution >= 4 is 5.97 Å². The molecule has 2 heteroatoms. The van der Waals surface area contributed by atoms with Gasteiger partial charge in [-0.25, -0.2) is 0 Å². The number of carboxylic acids is 1. The molecule has 0 heterocycles. The molecule has 0 fully saturated rings. The summed E-state index contributed by atoms with van der Waals surface area (Å²) in [5.74, 6) is -1.07. The minimum Gasteiger partial charge on any atom is -0.481 e. The van der Waals surface area contributed by atoms with E-state index in [1.54, 1.807) is 0 Å². The summed E-state index contributed by atoms with van der Waals surface area (Å²) in [6, 6.07) is 0. The molecular weight excluding hydrogens is 320 g/mol.